The Kier molecular flexibility index (Phi) is 6.65. The Labute approximate surface area is 171 Å². The first-order valence-corrected chi connectivity index (χ1v) is 10.6. The van der Waals surface area contributed by atoms with E-state index in [0.29, 0.717) is 13.1 Å². The van der Waals surface area contributed by atoms with Crippen molar-refractivity contribution >= 4 is 35.7 Å². The molecule has 4 rings (SSSR count). The highest BCUT2D eigenvalue weighted by atomic mass is 35.5. The van der Waals surface area contributed by atoms with Gasteiger partial charge in [-0.1, -0.05) is 0 Å². The fraction of sp³-hybridized carbons (Fsp3) is 0.684. The Hall–Kier alpha value is -1.31. The van der Waals surface area contributed by atoms with E-state index in [-0.39, 0.29) is 36.3 Å². The first-order chi connectivity index (χ1) is 12.6. The van der Waals surface area contributed by atoms with Crippen molar-refractivity contribution in [1.29, 1.82) is 0 Å². The van der Waals surface area contributed by atoms with Crippen molar-refractivity contribution in [2.45, 2.75) is 38.8 Å². The molecule has 0 bridgehead atoms. The standard InChI is InChI=1S/C19H28N4O2S.ClH/c1-14-11-20-6-9-23(14)18(24)16-3-2-7-21(13-16)19(25)22-8-4-17-15(12-22)5-10-26-17;/h5,10,14,16,20H,2-4,6-9,11-13H2,1H3;1H/t14-,16?;/m0./s1. The van der Waals surface area contributed by atoms with Gasteiger partial charge in [0.1, 0.15) is 0 Å². The zero-order chi connectivity index (χ0) is 18.1. The lowest BCUT2D eigenvalue weighted by atomic mass is 9.95. The number of nitrogens with one attached hydrogen (secondary N) is 1. The van der Waals surface area contributed by atoms with Crippen LogP contribution in [0.3, 0.4) is 0 Å². The van der Waals surface area contributed by atoms with Crippen molar-refractivity contribution in [3.8, 4) is 0 Å². The molecule has 150 valence electrons. The van der Waals surface area contributed by atoms with Gasteiger partial charge in [-0.15, -0.1) is 23.7 Å². The molecule has 2 atom stereocenters. The average molecular weight is 413 g/mol. The fourth-order valence-electron chi connectivity index (χ4n) is 4.37. The van der Waals surface area contributed by atoms with Crippen LogP contribution in [0.25, 0.3) is 0 Å². The molecule has 1 N–H and O–H groups in total. The maximum absolute atomic E-state index is 13.0. The van der Waals surface area contributed by atoms with Crippen molar-refractivity contribution < 1.29 is 9.59 Å². The van der Waals surface area contributed by atoms with Crippen LogP contribution in [-0.2, 0) is 17.8 Å². The number of amides is 3. The number of urea groups is 1. The summed E-state index contributed by atoms with van der Waals surface area (Å²) in [5, 5.41) is 5.45. The minimum Gasteiger partial charge on any atom is -0.337 e. The van der Waals surface area contributed by atoms with Crippen LogP contribution in [0.2, 0.25) is 0 Å². The summed E-state index contributed by atoms with van der Waals surface area (Å²) in [4.78, 5) is 33.3. The zero-order valence-corrected chi connectivity index (χ0v) is 17.5. The van der Waals surface area contributed by atoms with E-state index in [1.165, 1.54) is 10.4 Å². The predicted octanol–water partition coefficient (Wildman–Crippen LogP) is 2.18. The van der Waals surface area contributed by atoms with Gasteiger partial charge in [0.15, 0.2) is 0 Å². The molecule has 1 aromatic heterocycles. The van der Waals surface area contributed by atoms with Gasteiger partial charge in [0, 0.05) is 56.7 Å². The van der Waals surface area contributed by atoms with E-state index < -0.39 is 0 Å². The summed E-state index contributed by atoms with van der Waals surface area (Å²) in [5.74, 6) is 0.185. The molecule has 0 spiro atoms. The summed E-state index contributed by atoms with van der Waals surface area (Å²) in [6, 6.07) is 2.47. The molecule has 27 heavy (non-hydrogen) atoms. The molecule has 1 aromatic rings. The lowest BCUT2D eigenvalue weighted by Gasteiger charge is -2.41. The fourth-order valence-corrected chi connectivity index (χ4v) is 5.26. The van der Waals surface area contributed by atoms with Crippen LogP contribution in [0.15, 0.2) is 11.4 Å². The third-order valence-corrected chi connectivity index (χ3v) is 6.93. The lowest BCUT2D eigenvalue weighted by Crippen LogP contribution is -2.56. The molecule has 6 nitrogen and oxygen atoms in total. The quantitative estimate of drug-likeness (QED) is 0.769. The molecule has 2 fully saturated rings. The number of carbonyl (C=O) groups excluding carboxylic acids is 2. The van der Waals surface area contributed by atoms with Crippen molar-refractivity contribution in [1.82, 2.24) is 20.0 Å². The normalized spacial score (nSPS) is 25.6. The van der Waals surface area contributed by atoms with Gasteiger partial charge in [-0.2, -0.15) is 0 Å². The highest BCUT2D eigenvalue weighted by Crippen LogP contribution is 2.26. The van der Waals surface area contributed by atoms with Gasteiger partial charge in [0.05, 0.1) is 5.92 Å². The lowest BCUT2D eigenvalue weighted by molar-refractivity contribution is -0.139. The Bertz CT molecular complexity index is 682. The molecule has 0 aromatic carbocycles. The molecule has 4 heterocycles. The minimum absolute atomic E-state index is 0. The molecular formula is C19H29ClN4O2S. The molecule has 0 radical (unpaired) electrons. The molecule has 3 aliphatic rings. The van der Waals surface area contributed by atoms with Gasteiger partial charge in [0.2, 0.25) is 5.91 Å². The van der Waals surface area contributed by atoms with E-state index in [2.05, 4.69) is 23.7 Å². The van der Waals surface area contributed by atoms with Crippen LogP contribution >= 0.6 is 23.7 Å². The molecule has 1 unspecified atom stereocenters. The van der Waals surface area contributed by atoms with Crippen molar-refractivity contribution in [2.24, 2.45) is 5.92 Å². The number of thiophene rings is 1. The highest BCUT2D eigenvalue weighted by molar-refractivity contribution is 7.10. The highest BCUT2D eigenvalue weighted by Gasteiger charge is 2.35. The molecular weight excluding hydrogens is 384 g/mol. The third-order valence-electron chi connectivity index (χ3n) is 5.90. The first-order valence-electron chi connectivity index (χ1n) is 9.74. The topological polar surface area (TPSA) is 55.9 Å². The number of rotatable bonds is 1. The van der Waals surface area contributed by atoms with Crippen LogP contribution < -0.4 is 5.32 Å². The second kappa shape index (κ2) is 8.80. The number of piperazine rings is 1. The number of piperidine rings is 1. The number of likely N-dealkylation sites (tertiary alicyclic amines) is 1. The van der Waals surface area contributed by atoms with E-state index in [9.17, 15) is 9.59 Å². The van der Waals surface area contributed by atoms with E-state index in [1.807, 2.05) is 14.7 Å². The number of nitrogens with zero attached hydrogens (tertiary/aromatic N) is 3. The summed E-state index contributed by atoms with van der Waals surface area (Å²) < 4.78 is 0. The van der Waals surface area contributed by atoms with Crippen molar-refractivity contribution in [2.75, 3.05) is 39.3 Å². The van der Waals surface area contributed by atoms with Crippen molar-refractivity contribution in [3.63, 3.8) is 0 Å². The molecule has 8 heteroatoms. The van der Waals surface area contributed by atoms with Crippen LogP contribution in [0.5, 0.6) is 0 Å². The molecule has 2 saturated heterocycles. The summed E-state index contributed by atoms with van der Waals surface area (Å²) >= 11 is 1.79. The van der Waals surface area contributed by atoms with Crippen molar-refractivity contribution in [3.05, 3.63) is 21.9 Å². The number of hydrogen-bond acceptors (Lipinski definition) is 4. The average Bonchev–Trinajstić information content (AvgIpc) is 3.15. The Morgan fingerprint density at radius 1 is 1.22 bits per heavy atom. The summed E-state index contributed by atoms with van der Waals surface area (Å²) in [6.07, 6.45) is 2.77. The number of carbonyl (C=O) groups is 2. The van der Waals surface area contributed by atoms with Crippen LogP contribution in [0.4, 0.5) is 4.79 Å². The molecule has 0 aliphatic carbocycles. The van der Waals surface area contributed by atoms with E-state index in [1.54, 1.807) is 11.3 Å². The van der Waals surface area contributed by atoms with Gasteiger partial charge in [-0.05, 0) is 43.2 Å². The third kappa shape index (κ3) is 4.25. The second-order valence-corrected chi connectivity index (χ2v) is 8.69. The molecule has 0 saturated carbocycles. The largest absolute Gasteiger partial charge is 0.337 e. The minimum atomic E-state index is -0.0465. The van der Waals surface area contributed by atoms with Gasteiger partial charge >= 0.3 is 6.03 Å². The number of hydrogen-bond donors (Lipinski definition) is 1. The summed E-state index contributed by atoms with van der Waals surface area (Å²) in [7, 11) is 0. The summed E-state index contributed by atoms with van der Waals surface area (Å²) in [5.41, 5.74) is 1.29. The number of halogens is 1. The monoisotopic (exact) mass is 412 g/mol. The van der Waals surface area contributed by atoms with Crippen LogP contribution in [0, 0.1) is 5.92 Å². The summed E-state index contributed by atoms with van der Waals surface area (Å²) in [6.45, 7) is 7.44. The smallest absolute Gasteiger partial charge is 0.320 e. The molecule has 3 aliphatic heterocycles. The van der Waals surface area contributed by atoms with E-state index in [4.69, 9.17) is 0 Å². The first kappa shape index (κ1) is 20.4. The van der Waals surface area contributed by atoms with E-state index in [0.717, 1.165) is 52.0 Å². The van der Waals surface area contributed by atoms with Gasteiger partial charge in [-0.3, -0.25) is 4.79 Å². The van der Waals surface area contributed by atoms with Crippen LogP contribution in [0.1, 0.15) is 30.2 Å². The second-order valence-electron chi connectivity index (χ2n) is 7.69. The SMILES string of the molecule is C[C@H]1CNCCN1C(=O)C1CCCN(C(=O)N2CCc3sccc3C2)C1.Cl. The predicted molar refractivity (Wildman–Crippen MR) is 109 cm³/mol. The maximum atomic E-state index is 13.0. The Morgan fingerprint density at radius 2 is 2.07 bits per heavy atom. The Balaban J connectivity index is 0.00000210. The van der Waals surface area contributed by atoms with Gasteiger partial charge < -0.3 is 20.0 Å². The maximum Gasteiger partial charge on any atom is 0.320 e. The van der Waals surface area contributed by atoms with Gasteiger partial charge in [-0.25, -0.2) is 4.79 Å². The number of fused-ring (bicyclic) bond motifs is 1. The Morgan fingerprint density at radius 3 is 2.89 bits per heavy atom. The van der Waals surface area contributed by atoms with Crippen LogP contribution in [-0.4, -0.2) is 71.9 Å². The zero-order valence-electron chi connectivity index (χ0n) is 15.9. The van der Waals surface area contributed by atoms with E-state index >= 15 is 0 Å². The van der Waals surface area contributed by atoms with Gasteiger partial charge in [0.25, 0.3) is 0 Å². The molecule has 3 amide bonds.